The smallest absolute Gasteiger partial charge is 0.162 e. The molecule has 102 valence electrons. The van der Waals surface area contributed by atoms with Gasteiger partial charge in [0.1, 0.15) is 0 Å². The number of aliphatic hydroxyl groups is 1. The average Bonchev–Trinajstić information content (AvgIpc) is 2.30. The van der Waals surface area contributed by atoms with Crippen molar-refractivity contribution in [2.75, 3.05) is 0 Å². The molecule has 0 aromatic carbocycles. The minimum Gasteiger partial charge on any atom is -0.368 e. The maximum atomic E-state index is 9.99. The Morgan fingerprint density at radius 3 is 2.29 bits per heavy atom. The molecule has 0 aromatic rings. The topological polar surface area (TPSA) is 38.7 Å². The lowest BCUT2D eigenvalue weighted by atomic mass is 9.94. The van der Waals surface area contributed by atoms with E-state index in [1.807, 2.05) is 0 Å². The van der Waals surface area contributed by atoms with Gasteiger partial charge in [-0.2, -0.15) is 0 Å². The lowest BCUT2D eigenvalue weighted by Gasteiger charge is -2.39. The van der Waals surface area contributed by atoms with E-state index >= 15 is 0 Å². The zero-order valence-electron chi connectivity index (χ0n) is 11.5. The predicted octanol–water partition coefficient (Wildman–Crippen LogP) is 3.45. The normalized spacial score (nSPS) is 33.9. The molecule has 1 aliphatic heterocycles. The second kappa shape index (κ2) is 8.06. The van der Waals surface area contributed by atoms with Gasteiger partial charge in [-0.3, -0.25) is 0 Å². The van der Waals surface area contributed by atoms with Crippen LogP contribution in [0.1, 0.15) is 65.7 Å². The first-order chi connectivity index (χ1) is 8.22. The van der Waals surface area contributed by atoms with Crippen molar-refractivity contribution in [3.8, 4) is 0 Å². The second-order valence-electron chi connectivity index (χ2n) is 4.99. The number of rotatable bonds is 7. The molecular formula is C14H28O3. The summed E-state index contributed by atoms with van der Waals surface area (Å²) in [6.07, 6.45) is 6.77. The fourth-order valence-electron chi connectivity index (χ4n) is 2.50. The van der Waals surface area contributed by atoms with E-state index in [-0.39, 0.29) is 18.3 Å². The Kier molecular flexibility index (Phi) is 7.09. The molecule has 4 atom stereocenters. The third-order valence-corrected chi connectivity index (χ3v) is 3.55. The van der Waals surface area contributed by atoms with Crippen molar-refractivity contribution in [2.45, 2.75) is 84.4 Å². The molecule has 3 heteroatoms. The van der Waals surface area contributed by atoms with E-state index in [1.54, 1.807) is 0 Å². The molecule has 0 bridgehead atoms. The summed E-state index contributed by atoms with van der Waals surface area (Å²) in [5, 5.41) is 9.99. The van der Waals surface area contributed by atoms with Gasteiger partial charge in [0.2, 0.25) is 0 Å². The van der Waals surface area contributed by atoms with Crippen LogP contribution in [0.2, 0.25) is 0 Å². The molecule has 0 saturated carbocycles. The Morgan fingerprint density at radius 1 is 0.941 bits per heavy atom. The average molecular weight is 244 g/mol. The van der Waals surface area contributed by atoms with Gasteiger partial charge in [0, 0.05) is 5.92 Å². The van der Waals surface area contributed by atoms with Crippen molar-refractivity contribution in [3.05, 3.63) is 0 Å². The Balaban J connectivity index is 2.44. The molecule has 1 saturated heterocycles. The molecule has 0 aromatic heterocycles. The van der Waals surface area contributed by atoms with Gasteiger partial charge in [-0.15, -0.1) is 0 Å². The van der Waals surface area contributed by atoms with Gasteiger partial charge in [-0.05, 0) is 25.7 Å². The second-order valence-corrected chi connectivity index (χ2v) is 4.99. The van der Waals surface area contributed by atoms with Gasteiger partial charge >= 0.3 is 0 Å². The van der Waals surface area contributed by atoms with E-state index < -0.39 is 6.29 Å². The first-order valence-corrected chi connectivity index (χ1v) is 7.21. The quantitative estimate of drug-likeness (QED) is 0.697. The predicted molar refractivity (Wildman–Crippen MR) is 68.6 cm³/mol. The highest BCUT2D eigenvalue weighted by atomic mass is 16.7. The standard InChI is InChI=1S/C14H28O3/c1-4-7-8-10-13-16-12(9-5-2)11(6-3)14(15)17-13/h11-15H,4-10H2,1-3H3. The molecule has 1 heterocycles. The summed E-state index contributed by atoms with van der Waals surface area (Å²) in [5.41, 5.74) is 0. The summed E-state index contributed by atoms with van der Waals surface area (Å²) in [4.78, 5) is 0. The Labute approximate surface area is 105 Å². The first-order valence-electron chi connectivity index (χ1n) is 7.21. The molecule has 1 fully saturated rings. The SMILES string of the molecule is CCCCCC1OC(O)C(CC)C(CCC)O1. The van der Waals surface area contributed by atoms with Gasteiger partial charge in [0.25, 0.3) is 0 Å². The molecule has 3 nitrogen and oxygen atoms in total. The van der Waals surface area contributed by atoms with Crippen LogP contribution < -0.4 is 0 Å². The largest absolute Gasteiger partial charge is 0.368 e. The van der Waals surface area contributed by atoms with Crippen LogP contribution in [0, 0.1) is 5.92 Å². The molecular weight excluding hydrogens is 216 g/mol. The summed E-state index contributed by atoms with van der Waals surface area (Å²) in [7, 11) is 0. The van der Waals surface area contributed by atoms with Crippen LogP contribution in [0.5, 0.6) is 0 Å². The van der Waals surface area contributed by atoms with Gasteiger partial charge < -0.3 is 14.6 Å². The third kappa shape index (κ3) is 4.57. The summed E-state index contributed by atoms with van der Waals surface area (Å²) in [5.74, 6) is 0.136. The molecule has 1 aliphatic rings. The fourth-order valence-corrected chi connectivity index (χ4v) is 2.50. The lowest BCUT2D eigenvalue weighted by Crippen LogP contribution is -2.45. The summed E-state index contributed by atoms with van der Waals surface area (Å²) >= 11 is 0. The van der Waals surface area contributed by atoms with Crippen LogP contribution in [0.3, 0.4) is 0 Å². The zero-order valence-corrected chi connectivity index (χ0v) is 11.5. The molecule has 17 heavy (non-hydrogen) atoms. The first kappa shape index (κ1) is 14.9. The fraction of sp³-hybridized carbons (Fsp3) is 1.00. The van der Waals surface area contributed by atoms with Crippen LogP contribution >= 0.6 is 0 Å². The molecule has 0 spiro atoms. The maximum absolute atomic E-state index is 9.99. The molecule has 0 radical (unpaired) electrons. The van der Waals surface area contributed by atoms with E-state index in [4.69, 9.17) is 9.47 Å². The Morgan fingerprint density at radius 2 is 1.71 bits per heavy atom. The third-order valence-electron chi connectivity index (χ3n) is 3.55. The Bertz CT molecular complexity index is 196. The van der Waals surface area contributed by atoms with Crippen molar-refractivity contribution in [1.29, 1.82) is 0 Å². The highest BCUT2D eigenvalue weighted by molar-refractivity contribution is 4.76. The van der Waals surface area contributed by atoms with E-state index in [2.05, 4.69) is 20.8 Å². The lowest BCUT2D eigenvalue weighted by molar-refractivity contribution is -0.323. The van der Waals surface area contributed by atoms with Gasteiger partial charge in [-0.25, -0.2) is 0 Å². The van der Waals surface area contributed by atoms with Crippen LogP contribution in [0.25, 0.3) is 0 Å². The van der Waals surface area contributed by atoms with Crippen LogP contribution in [0.4, 0.5) is 0 Å². The van der Waals surface area contributed by atoms with Crippen molar-refractivity contribution in [1.82, 2.24) is 0 Å². The summed E-state index contributed by atoms with van der Waals surface area (Å²) in [6.45, 7) is 6.43. The van der Waals surface area contributed by atoms with Crippen molar-refractivity contribution in [3.63, 3.8) is 0 Å². The number of ether oxygens (including phenoxy) is 2. The molecule has 4 unspecified atom stereocenters. The molecule has 0 amide bonds. The van der Waals surface area contributed by atoms with Gasteiger partial charge in [-0.1, -0.05) is 40.0 Å². The monoisotopic (exact) mass is 244 g/mol. The highest BCUT2D eigenvalue weighted by Gasteiger charge is 2.36. The minimum absolute atomic E-state index is 0.136. The summed E-state index contributed by atoms with van der Waals surface area (Å²) in [6, 6.07) is 0. The highest BCUT2D eigenvalue weighted by Crippen LogP contribution is 2.30. The molecule has 0 aliphatic carbocycles. The van der Waals surface area contributed by atoms with E-state index in [0.29, 0.717) is 0 Å². The zero-order chi connectivity index (χ0) is 12.7. The number of aliphatic hydroxyl groups excluding tert-OH is 1. The van der Waals surface area contributed by atoms with Crippen molar-refractivity contribution < 1.29 is 14.6 Å². The van der Waals surface area contributed by atoms with Crippen LogP contribution in [-0.2, 0) is 9.47 Å². The van der Waals surface area contributed by atoms with Crippen molar-refractivity contribution in [2.24, 2.45) is 5.92 Å². The molecule has 1 rings (SSSR count). The summed E-state index contributed by atoms with van der Waals surface area (Å²) < 4.78 is 11.5. The molecule has 1 N–H and O–H groups in total. The number of hydrogen-bond acceptors (Lipinski definition) is 3. The van der Waals surface area contributed by atoms with Crippen molar-refractivity contribution >= 4 is 0 Å². The van der Waals surface area contributed by atoms with E-state index in [9.17, 15) is 5.11 Å². The number of hydrogen-bond donors (Lipinski definition) is 1. The van der Waals surface area contributed by atoms with Gasteiger partial charge in [0.05, 0.1) is 6.10 Å². The van der Waals surface area contributed by atoms with E-state index in [1.165, 1.54) is 12.8 Å². The van der Waals surface area contributed by atoms with E-state index in [0.717, 1.165) is 32.1 Å². The van der Waals surface area contributed by atoms with Crippen LogP contribution in [0.15, 0.2) is 0 Å². The Hall–Kier alpha value is -0.120. The van der Waals surface area contributed by atoms with Crippen LogP contribution in [-0.4, -0.2) is 23.8 Å². The number of unbranched alkanes of at least 4 members (excludes halogenated alkanes) is 2. The van der Waals surface area contributed by atoms with Gasteiger partial charge in [0.15, 0.2) is 12.6 Å². The minimum atomic E-state index is -0.642. The maximum Gasteiger partial charge on any atom is 0.162 e.